The first kappa shape index (κ1) is 15.8. The summed E-state index contributed by atoms with van der Waals surface area (Å²) in [6.07, 6.45) is 2.44. The van der Waals surface area contributed by atoms with Crippen LogP contribution in [0.5, 0.6) is 0 Å². The molecule has 0 aliphatic carbocycles. The number of benzene rings is 1. The summed E-state index contributed by atoms with van der Waals surface area (Å²) in [6, 6.07) is 15.4. The van der Waals surface area contributed by atoms with E-state index in [1.807, 2.05) is 53.9 Å². The fourth-order valence-electron chi connectivity index (χ4n) is 2.95. The van der Waals surface area contributed by atoms with Crippen LogP contribution in [-0.2, 0) is 0 Å². The molecule has 1 saturated heterocycles. The lowest BCUT2D eigenvalue weighted by Crippen LogP contribution is -2.19. The van der Waals surface area contributed by atoms with Gasteiger partial charge in [0.25, 0.3) is 5.91 Å². The van der Waals surface area contributed by atoms with Gasteiger partial charge in [0.1, 0.15) is 0 Å². The topological polar surface area (TPSA) is 58.1 Å². The summed E-state index contributed by atoms with van der Waals surface area (Å²) < 4.78 is 0. The summed E-state index contributed by atoms with van der Waals surface area (Å²) in [5.74, 6) is 0.839. The molecule has 126 valence electrons. The van der Waals surface area contributed by atoms with Crippen LogP contribution in [0, 0.1) is 0 Å². The number of rotatable bonds is 4. The molecule has 25 heavy (non-hydrogen) atoms. The lowest BCUT2D eigenvalue weighted by atomic mass is 10.1. The maximum atomic E-state index is 12.2. The first-order chi connectivity index (χ1) is 12.3. The molecule has 0 radical (unpaired) electrons. The molecule has 1 amide bonds. The highest BCUT2D eigenvalue weighted by Gasteiger charge is 2.14. The van der Waals surface area contributed by atoms with Gasteiger partial charge in [-0.1, -0.05) is 18.2 Å². The highest BCUT2D eigenvalue weighted by atomic mass is 32.1. The Hall–Kier alpha value is -2.73. The predicted octanol–water partition coefficient (Wildman–Crippen LogP) is 4.06. The van der Waals surface area contributed by atoms with E-state index in [0.717, 1.165) is 35.9 Å². The Bertz CT molecular complexity index is 855. The van der Waals surface area contributed by atoms with E-state index in [0.29, 0.717) is 4.88 Å². The van der Waals surface area contributed by atoms with Crippen LogP contribution in [0.15, 0.2) is 53.9 Å². The molecule has 0 atom stereocenters. The third-order valence-electron chi connectivity index (χ3n) is 4.24. The number of aromatic nitrogens is 2. The van der Waals surface area contributed by atoms with Crippen LogP contribution in [0.1, 0.15) is 22.5 Å². The third kappa shape index (κ3) is 3.53. The SMILES string of the molecule is O=C(Nc1cccc(-c2ccc(N3CCCC3)nn2)c1)c1cccs1. The molecule has 5 nitrogen and oxygen atoms in total. The molecule has 1 aliphatic heterocycles. The minimum absolute atomic E-state index is 0.0948. The Labute approximate surface area is 150 Å². The molecule has 1 aromatic carbocycles. The van der Waals surface area contributed by atoms with Gasteiger partial charge in [0.2, 0.25) is 0 Å². The molecule has 0 unspecified atom stereocenters. The number of nitrogens with zero attached hydrogens (tertiary/aromatic N) is 3. The number of anilines is 2. The molecule has 3 heterocycles. The number of thiophene rings is 1. The lowest BCUT2D eigenvalue weighted by molar-refractivity contribution is 0.103. The van der Waals surface area contributed by atoms with Crippen molar-refractivity contribution in [1.82, 2.24) is 10.2 Å². The van der Waals surface area contributed by atoms with Gasteiger partial charge in [-0.3, -0.25) is 4.79 Å². The van der Waals surface area contributed by atoms with Crippen molar-refractivity contribution < 1.29 is 4.79 Å². The van der Waals surface area contributed by atoms with E-state index >= 15 is 0 Å². The minimum atomic E-state index is -0.0948. The van der Waals surface area contributed by atoms with Crippen molar-refractivity contribution in [3.63, 3.8) is 0 Å². The van der Waals surface area contributed by atoms with Gasteiger partial charge in [-0.05, 0) is 48.6 Å². The summed E-state index contributed by atoms with van der Waals surface area (Å²) in [5, 5.41) is 13.5. The van der Waals surface area contributed by atoms with E-state index in [2.05, 4.69) is 20.4 Å². The van der Waals surface area contributed by atoms with Crippen molar-refractivity contribution in [2.24, 2.45) is 0 Å². The van der Waals surface area contributed by atoms with Crippen molar-refractivity contribution in [3.8, 4) is 11.3 Å². The van der Waals surface area contributed by atoms with Gasteiger partial charge in [0, 0.05) is 24.3 Å². The van der Waals surface area contributed by atoms with Crippen molar-refractivity contribution in [2.45, 2.75) is 12.8 Å². The second kappa shape index (κ2) is 7.03. The molecule has 1 fully saturated rings. The Morgan fingerprint density at radius 1 is 1.04 bits per heavy atom. The molecular weight excluding hydrogens is 332 g/mol. The van der Waals surface area contributed by atoms with Gasteiger partial charge >= 0.3 is 0 Å². The summed E-state index contributed by atoms with van der Waals surface area (Å²) in [7, 11) is 0. The lowest BCUT2D eigenvalue weighted by Gasteiger charge is -2.15. The normalized spacial score (nSPS) is 13.8. The van der Waals surface area contributed by atoms with Crippen LogP contribution in [0.4, 0.5) is 11.5 Å². The molecule has 1 aliphatic rings. The highest BCUT2D eigenvalue weighted by molar-refractivity contribution is 7.12. The quantitative estimate of drug-likeness (QED) is 0.771. The summed E-state index contributed by atoms with van der Waals surface area (Å²) in [6.45, 7) is 2.11. The zero-order valence-electron chi connectivity index (χ0n) is 13.7. The average Bonchev–Trinajstić information content (AvgIpc) is 3.36. The number of nitrogens with one attached hydrogen (secondary N) is 1. The van der Waals surface area contributed by atoms with Crippen molar-refractivity contribution in [3.05, 3.63) is 58.8 Å². The van der Waals surface area contributed by atoms with Crippen LogP contribution in [-0.4, -0.2) is 29.2 Å². The fourth-order valence-corrected chi connectivity index (χ4v) is 3.57. The van der Waals surface area contributed by atoms with Crippen molar-refractivity contribution in [1.29, 1.82) is 0 Å². The van der Waals surface area contributed by atoms with Crippen molar-refractivity contribution >= 4 is 28.7 Å². The molecule has 0 saturated carbocycles. The maximum Gasteiger partial charge on any atom is 0.265 e. The standard InChI is InChI=1S/C19H18N4OS/c24-19(17-7-4-12-25-17)20-15-6-3-5-14(13-15)16-8-9-18(22-21-16)23-10-1-2-11-23/h3-9,12-13H,1-2,10-11H2,(H,20,24). The Morgan fingerprint density at radius 3 is 2.64 bits per heavy atom. The molecule has 3 aromatic rings. The monoisotopic (exact) mass is 350 g/mol. The zero-order chi connectivity index (χ0) is 17.1. The maximum absolute atomic E-state index is 12.2. The summed E-state index contributed by atoms with van der Waals surface area (Å²) >= 11 is 1.43. The van der Waals surface area contributed by atoms with Gasteiger partial charge in [-0.15, -0.1) is 21.5 Å². The Kier molecular flexibility index (Phi) is 4.43. The summed E-state index contributed by atoms with van der Waals surface area (Å²) in [5.41, 5.74) is 2.49. The smallest absolute Gasteiger partial charge is 0.265 e. The molecule has 0 bridgehead atoms. The number of hydrogen-bond acceptors (Lipinski definition) is 5. The van der Waals surface area contributed by atoms with Crippen molar-refractivity contribution in [2.75, 3.05) is 23.3 Å². The molecule has 6 heteroatoms. The second-order valence-corrected chi connectivity index (χ2v) is 6.93. The van der Waals surface area contributed by atoms with Crippen LogP contribution in [0.25, 0.3) is 11.3 Å². The number of carbonyl (C=O) groups excluding carboxylic acids is 1. The van der Waals surface area contributed by atoms with Gasteiger partial charge < -0.3 is 10.2 Å². The number of amides is 1. The van der Waals surface area contributed by atoms with Gasteiger partial charge in [0.05, 0.1) is 10.6 Å². The average molecular weight is 350 g/mol. The number of carbonyl (C=O) groups is 1. The first-order valence-corrected chi connectivity index (χ1v) is 9.21. The highest BCUT2D eigenvalue weighted by Crippen LogP contribution is 2.23. The fraction of sp³-hybridized carbons (Fsp3) is 0.211. The van der Waals surface area contributed by atoms with E-state index in [4.69, 9.17) is 0 Å². The van der Waals surface area contributed by atoms with Gasteiger partial charge in [0.15, 0.2) is 5.82 Å². The van der Waals surface area contributed by atoms with E-state index in [1.165, 1.54) is 24.2 Å². The number of hydrogen-bond donors (Lipinski definition) is 1. The van der Waals surface area contributed by atoms with E-state index in [1.54, 1.807) is 0 Å². The third-order valence-corrected chi connectivity index (χ3v) is 5.11. The summed E-state index contributed by atoms with van der Waals surface area (Å²) in [4.78, 5) is 15.1. The second-order valence-electron chi connectivity index (χ2n) is 5.98. The first-order valence-electron chi connectivity index (χ1n) is 8.33. The van der Waals surface area contributed by atoms with Crippen LogP contribution < -0.4 is 10.2 Å². The molecule has 2 aromatic heterocycles. The molecule has 0 spiro atoms. The Morgan fingerprint density at radius 2 is 1.92 bits per heavy atom. The van der Waals surface area contributed by atoms with E-state index < -0.39 is 0 Å². The van der Waals surface area contributed by atoms with Gasteiger partial charge in [-0.2, -0.15) is 0 Å². The van der Waals surface area contributed by atoms with Gasteiger partial charge in [-0.25, -0.2) is 0 Å². The van der Waals surface area contributed by atoms with E-state index in [9.17, 15) is 4.79 Å². The molecule has 1 N–H and O–H groups in total. The molecule has 4 rings (SSSR count). The predicted molar refractivity (Wildman–Crippen MR) is 101 cm³/mol. The van der Waals surface area contributed by atoms with Crippen LogP contribution in [0.3, 0.4) is 0 Å². The largest absolute Gasteiger partial charge is 0.355 e. The minimum Gasteiger partial charge on any atom is -0.355 e. The van der Waals surface area contributed by atoms with E-state index in [-0.39, 0.29) is 5.91 Å². The van der Waals surface area contributed by atoms with Crippen LogP contribution >= 0.6 is 11.3 Å². The molecular formula is C19H18N4OS. The van der Waals surface area contributed by atoms with Crippen LogP contribution in [0.2, 0.25) is 0 Å². The zero-order valence-corrected chi connectivity index (χ0v) is 14.5. The Balaban J connectivity index is 1.51.